The number of nitrogens with zero attached hydrogens (tertiary/aromatic N) is 2. The molecular formula is C23H22N2O5. The van der Waals surface area contributed by atoms with Gasteiger partial charge in [0.15, 0.2) is 11.5 Å². The summed E-state index contributed by atoms with van der Waals surface area (Å²) in [4.78, 5) is 26.4. The normalized spacial score (nSPS) is 14.0. The van der Waals surface area contributed by atoms with Crippen molar-refractivity contribution in [3.63, 3.8) is 0 Å². The highest BCUT2D eigenvalue weighted by molar-refractivity contribution is 6.01. The van der Waals surface area contributed by atoms with Crippen LogP contribution in [0.2, 0.25) is 0 Å². The monoisotopic (exact) mass is 406 g/mol. The number of benzene rings is 2. The van der Waals surface area contributed by atoms with Crippen molar-refractivity contribution >= 4 is 18.0 Å². The van der Waals surface area contributed by atoms with Gasteiger partial charge in [0.05, 0.1) is 26.7 Å². The quantitative estimate of drug-likeness (QED) is 0.317. The molecule has 0 aliphatic carbocycles. The lowest BCUT2D eigenvalue weighted by molar-refractivity contribution is -0.133. The maximum absolute atomic E-state index is 12.6. The second kappa shape index (κ2) is 10.2. The fraction of sp³-hybridized carbons (Fsp3) is 0.261. The summed E-state index contributed by atoms with van der Waals surface area (Å²) >= 11 is 0. The van der Waals surface area contributed by atoms with Crippen molar-refractivity contribution in [3.8, 4) is 17.6 Å². The molecule has 1 aliphatic rings. The van der Waals surface area contributed by atoms with Gasteiger partial charge in [-0.1, -0.05) is 36.4 Å². The summed E-state index contributed by atoms with van der Waals surface area (Å²) in [6.07, 6.45) is 1.63. The number of rotatable bonds is 6. The second-order valence-corrected chi connectivity index (χ2v) is 6.62. The van der Waals surface area contributed by atoms with Crippen LogP contribution in [-0.2, 0) is 20.7 Å². The van der Waals surface area contributed by atoms with E-state index in [0.717, 1.165) is 5.56 Å². The van der Waals surface area contributed by atoms with Gasteiger partial charge in [0.1, 0.15) is 11.6 Å². The van der Waals surface area contributed by atoms with Crippen LogP contribution in [-0.4, -0.2) is 50.2 Å². The molecule has 0 aromatic heterocycles. The third-order valence-corrected chi connectivity index (χ3v) is 4.56. The summed E-state index contributed by atoms with van der Waals surface area (Å²) in [7, 11) is 1.46. The molecule has 2 aromatic rings. The smallest absolute Gasteiger partial charge is 0.315 e. The molecule has 0 N–H and O–H groups in total. The average molecular weight is 406 g/mol. The standard InChI is InChI=1S/C23H22N2O5/c1-28-21-14-18(13-19(16-24)23(27)25-9-11-29-12-10-25)7-8-20(21)30-22(26)15-17-5-3-2-4-6-17/h2-8,13-14H,9-12,15H2,1H3/b19-13+. The van der Waals surface area contributed by atoms with Crippen molar-refractivity contribution in [1.29, 1.82) is 5.26 Å². The SMILES string of the molecule is COc1cc(/C=C(\C#N)C(=O)N2CCOCC2)ccc1OC(=O)Cc1ccccc1. The van der Waals surface area contributed by atoms with Crippen molar-refractivity contribution in [2.24, 2.45) is 0 Å². The summed E-state index contributed by atoms with van der Waals surface area (Å²) in [5, 5.41) is 9.43. The molecule has 1 saturated heterocycles. The van der Waals surface area contributed by atoms with Gasteiger partial charge in [-0.25, -0.2) is 0 Å². The highest BCUT2D eigenvalue weighted by Crippen LogP contribution is 2.29. The van der Waals surface area contributed by atoms with E-state index < -0.39 is 5.97 Å². The molecular weight excluding hydrogens is 384 g/mol. The third-order valence-electron chi connectivity index (χ3n) is 4.56. The van der Waals surface area contributed by atoms with Gasteiger partial charge in [-0.3, -0.25) is 9.59 Å². The number of nitriles is 1. The number of morpholine rings is 1. The van der Waals surface area contributed by atoms with E-state index in [9.17, 15) is 14.9 Å². The van der Waals surface area contributed by atoms with Crippen LogP contribution in [0.25, 0.3) is 6.08 Å². The Morgan fingerprint density at radius 3 is 2.53 bits per heavy atom. The van der Waals surface area contributed by atoms with Crippen molar-refractivity contribution in [2.45, 2.75) is 6.42 Å². The minimum atomic E-state index is -0.414. The summed E-state index contributed by atoms with van der Waals surface area (Å²) in [6, 6.07) is 16.1. The molecule has 1 fully saturated rings. The molecule has 3 rings (SSSR count). The molecule has 2 aromatic carbocycles. The summed E-state index contributed by atoms with van der Waals surface area (Å²) < 4.78 is 16.0. The highest BCUT2D eigenvalue weighted by atomic mass is 16.6. The van der Waals surface area contributed by atoms with Gasteiger partial charge in [0, 0.05) is 13.1 Å². The molecule has 1 amide bonds. The number of hydrogen-bond donors (Lipinski definition) is 0. The average Bonchev–Trinajstić information content (AvgIpc) is 2.79. The number of hydrogen-bond acceptors (Lipinski definition) is 6. The summed E-state index contributed by atoms with van der Waals surface area (Å²) in [5.74, 6) is -0.143. The van der Waals surface area contributed by atoms with E-state index in [2.05, 4.69) is 0 Å². The lowest BCUT2D eigenvalue weighted by Crippen LogP contribution is -2.41. The lowest BCUT2D eigenvalue weighted by atomic mass is 10.1. The van der Waals surface area contributed by atoms with Crippen LogP contribution < -0.4 is 9.47 Å². The lowest BCUT2D eigenvalue weighted by Gasteiger charge is -2.26. The van der Waals surface area contributed by atoms with Gasteiger partial charge in [-0.2, -0.15) is 5.26 Å². The molecule has 0 radical (unpaired) electrons. The number of carbonyl (C=O) groups is 2. The molecule has 0 atom stereocenters. The predicted octanol–water partition coefficient (Wildman–Crippen LogP) is 2.61. The van der Waals surface area contributed by atoms with E-state index >= 15 is 0 Å². The van der Waals surface area contributed by atoms with Crippen LogP contribution in [0.3, 0.4) is 0 Å². The van der Waals surface area contributed by atoms with Gasteiger partial charge in [-0.15, -0.1) is 0 Å². The minimum Gasteiger partial charge on any atom is -0.493 e. The number of ether oxygens (including phenoxy) is 3. The number of amides is 1. The minimum absolute atomic E-state index is 0.0211. The van der Waals surface area contributed by atoms with E-state index in [4.69, 9.17) is 14.2 Å². The number of methoxy groups -OCH3 is 1. The molecule has 0 unspecified atom stereocenters. The Labute approximate surface area is 175 Å². The Morgan fingerprint density at radius 1 is 1.13 bits per heavy atom. The molecule has 1 aliphatic heterocycles. The maximum atomic E-state index is 12.6. The van der Waals surface area contributed by atoms with E-state index in [1.807, 2.05) is 36.4 Å². The van der Waals surface area contributed by atoms with Gasteiger partial charge in [0.2, 0.25) is 0 Å². The van der Waals surface area contributed by atoms with Gasteiger partial charge in [-0.05, 0) is 29.3 Å². The predicted molar refractivity (Wildman–Crippen MR) is 110 cm³/mol. The van der Waals surface area contributed by atoms with E-state index in [-0.39, 0.29) is 23.7 Å². The van der Waals surface area contributed by atoms with Crippen LogP contribution in [0.1, 0.15) is 11.1 Å². The van der Waals surface area contributed by atoms with Crippen LogP contribution in [0.4, 0.5) is 0 Å². The number of carbonyl (C=O) groups excluding carboxylic acids is 2. The largest absolute Gasteiger partial charge is 0.493 e. The summed E-state index contributed by atoms with van der Waals surface area (Å²) in [5.41, 5.74) is 1.46. The zero-order valence-corrected chi connectivity index (χ0v) is 16.7. The van der Waals surface area contributed by atoms with E-state index in [1.165, 1.54) is 13.2 Å². The zero-order chi connectivity index (χ0) is 21.3. The second-order valence-electron chi connectivity index (χ2n) is 6.62. The van der Waals surface area contributed by atoms with Gasteiger partial charge >= 0.3 is 5.97 Å². The first-order valence-electron chi connectivity index (χ1n) is 9.52. The Kier molecular flexibility index (Phi) is 7.19. The Morgan fingerprint density at radius 2 is 1.87 bits per heavy atom. The zero-order valence-electron chi connectivity index (χ0n) is 16.7. The van der Waals surface area contributed by atoms with Crippen molar-refractivity contribution in [3.05, 3.63) is 65.2 Å². The molecule has 0 spiro atoms. The van der Waals surface area contributed by atoms with E-state index in [0.29, 0.717) is 37.6 Å². The molecule has 7 heteroatoms. The van der Waals surface area contributed by atoms with Crippen LogP contribution in [0.15, 0.2) is 54.1 Å². The first-order valence-corrected chi connectivity index (χ1v) is 9.52. The number of esters is 1. The van der Waals surface area contributed by atoms with Crippen molar-refractivity contribution in [2.75, 3.05) is 33.4 Å². The van der Waals surface area contributed by atoms with Gasteiger partial charge in [0.25, 0.3) is 5.91 Å². The molecule has 30 heavy (non-hydrogen) atoms. The van der Waals surface area contributed by atoms with Crippen molar-refractivity contribution < 1.29 is 23.8 Å². The van der Waals surface area contributed by atoms with Crippen LogP contribution in [0, 0.1) is 11.3 Å². The Hall–Kier alpha value is -3.63. The Balaban J connectivity index is 1.74. The molecule has 1 heterocycles. The molecule has 0 bridgehead atoms. The van der Waals surface area contributed by atoms with Crippen molar-refractivity contribution in [1.82, 2.24) is 4.90 Å². The van der Waals surface area contributed by atoms with Crippen LogP contribution in [0.5, 0.6) is 11.5 Å². The molecule has 7 nitrogen and oxygen atoms in total. The van der Waals surface area contributed by atoms with Gasteiger partial charge < -0.3 is 19.1 Å². The summed E-state index contributed by atoms with van der Waals surface area (Å²) in [6.45, 7) is 1.83. The first kappa shape index (κ1) is 21.1. The first-order chi connectivity index (χ1) is 14.6. The fourth-order valence-electron chi connectivity index (χ4n) is 3.02. The Bertz CT molecular complexity index is 973. The van der Waals surface area contributed by atoms with E-state index in [1.54, 1.807) is 23.1 Å². The molecule has 0 saturated carbocycles. The highest BCUT2D eigenvalue weighted by Gasteiger charge is 2.21. The molecule has 154 valence electrons. The fourth-order valence-corrected chi connectivity index (χ4v) is 3.02. The topological polar surface area (TPSA) is 88.9 Å². The maximum Gasteiger partial charge on any atom is 0.315 e. The third kappa shape index (κ3) is 5.46. The van der Waals surface area contributed by atoms with Crippen LogP contribution >= 0.6 is 0 Å².